The minimum atomic E-state index is -0.215. The highest BCUT2D eigenvalue weighted by Crippen LogP contribution is 2.27. The number of piperidine rings is 1. The molecule has 2 aromatic carbocycles. The Hall–Kier alpha value is -2.37. The van der Waals surface area contributed by atoms with Crippen molar-refractivity contribution in [2.24, 2.45) is 0 Å². The largest absolute Gasteiger partial charge is 0.497 e. The molecule has 0 spiro atoms. The fourth-order valence-corrected chi connectivity index (χ4v) is 3.68. The average Bonchev–Trinajstić information content (AvgIpc) is 2.72. The maximum atomic E-state index is 13.7. The summed E-state index contributed by atoms with van der Waals surface area (Å²) in [6, 6.07) is 15.5. The van der Waals surface area contributed by atoms with Crippen molar-refractivity contribution < 1.29 is 9.13 Å². The standard InChI is InChI=1S/C22H24FN3O.ClH/c1-27-20-6-2-16(3-7-20)15-25-19-9-12-26(13-10-19)22-21-14-18(23)5-4-17(21)8-11-24-22;/h2-8,11,14,19,25H,9-10,12-13,15H2,1H3;1H. The summed E-state index contributed by atoms with van der Waals surface area (Å²) in [4.78, 5) is 6.80. The molecule has 1 fully saturated rings. The van der Waals surface area contributed by atoms with Gasteiger partial charge in [0.25, 0.3) is 0 Å². The van der Waals surface area contributed by atoms with E-state index in [0.717, 1.165) is 54.8 Å². The predicted molar refractivity (Wildman–Crippen MR) is 114 cm³/mol. The first-order valence-corrected chi connectivity index (χ1v) is 9.38. The molecule has 0 aliphatic carbocycles. The molecule has 1 N–H and O–H groups in total. The summed E-state index contributed by atoms with van der Waals surface area (Å²) < 4.78 is 18.9. The first-order chi connectivity index (χ1) is 13.2. The Morgan fingerprint density at radius 2 is 1.86 bits per heavy atom. The monoisotopic (exact) mass is 401 g/mol. The van der Waals surface area contributed by atoms with Gasteiger partial charge in [-0.05, 0) is 54.1 Å². The predicted octanol–water partition coefficient (Wildman–Crippen LogP) is 4.56. The second-order valence-corrected chi connectivity index (χ2v) is 6.99. The Balaban J connectivity index is 0.00000225. The number of methoxy groups -OCH3 is 1. The molecule has 0 saturated carbocycles. The topological polar surface area (TPSA) is 37.4 Å². The number of nitrogens with one attached hydrogen (secondary N) is 1. The van der Waals surface area contributed by atoms with E-state index in [-0.39, 0.29) is 18.2 Å². The van der Waals surface area contributed by atoms with Crippen molar-refractivity contribution >= 4 is 29.0 Å². The van der Waals surface area contributed by atoms with Crippen LogP contribution in [0.3, 0.4) is 0 Å². The third kappa shape index (κ3) is 4.54. The van der Waals surface area contributed by atoms with Crippen LogP contribution in [0.1, 0.15) is 18.4 Å². The molecular formula is C22H25ClFN3O. The maximum absolute atomic E-state index is 13.7. The number of aromatic nitrogens is 1. The molecule has 148 valence electrons. The molecule has 0 radical (unpaired) electrons. The molecule has 6 heteroatoms. The molecule has 2 heterocycles. The highest BCUT2D eigenvalue weighted by atomic mass is 35.5. The van der Waals surface area contributed by atoms with Crippen molar-refractivity contribution in [1.29, 1.82) is 0 Å². The van der Waals surface area contributed by atoms with Gasteiger partial charge < -0.3 is 15.0 Å². The summed E-state index contributed by atoms with van der Waals surface area (Å²) in [5, 5.41) is 5.57. The molecular weight excluding hydrogens is 377 g/mol. The van der Waals surface area contributed by atoms with Gasteiger partial charge in [0.1, 0.15) is 17.4 Å². The number of nitrogens with zero attached hydrogens (tertiary/aromatic N) is 2. The van der Waals surface area contributed by atoms with E-state index in [9.17, 15) is 4.39 Å². The Kier molecular flexibility index (Phi) is 6.70. The molecule has 0 unspecified atom stereocenters. The zero-order chi connectivity index (χ0) is 18.6. The van der Waals surface area contributed by atoms with E-state index >= 15 is 0 Å². The normalized spacial score (nSPS) is 14.7. The number of hydrogen-bond donors (Lipinski definition) is 1. The van der Waals surface area contributed by atoms with Gasteiger partial charge in [-0.3, -0.25) is 0 Å². The fourth-order valence-electron chi connectivity index (χ4n) is 3.68. The van der Waals surface area contributed by atoms with Gasteiger partial charge in [-0.1, -0.05) is 18.2 Å². The Morgan fingerprint density at radius 1 is 1.11 bits per heavy atom. The Labute approximate surface area is 171 Å². The van der Waals surface area contributed by atoms with Crippen molar-refractivity contribution in [3.63, 3.8) is 0 Å². The molecule has 0 amide bonds. The van der Waals surface area contributed by atoms with Crippen LogP contribution in [-0.2, 0) is 6.54 Å². The van der Waals surface area contributed by atoms with E-state index in [0.29, 0.717) is 6.04 Å². The van der Waals surface area contributed by atoms with Crippen molar-refractivity contribution in [3.8, 4) is 5.75 Å². The van der Waals surface area contributed by atoms with Crippen LogP contribution in [-0.4, -0.2) is 31.2 Å². The maximum Gasteiger partial charge on any atom is 0.136 e. The average molecular weight is 402 g/mol. The lowest BCUT2D eigenvalue weighted by Crippen LogP contribution is -2.42. The summed E-state index contributed by atoms with van der Waals surface area (Å²) >= 11 is 0. The SMILES string of the molecule is COc1ccc(CNC2CCN(c3nccc4ccc(F)cc34)CC2)cc1.Cl. The van der Waals surface area contributed by atoms with Gasteiger partial charge in [0.05, 0.1) is 7.11 Å². The van der Waals surface area contributed by atoms with Gasteiger partial charge in [-0.25, -0.2) is 9.37 Å². The lowest BCUT2D eigenvalue weighted by molar-refractivity contribution is 0.410. The minimum Gasteiger partial charge on any atom is -0.497 e. The van der Waals surface area contributed by atoms with Gasteiger partial charge in [0.2, 0.25) is 0 Å². The van der Waals surface area contributed by atoms with Crippen LogP contribution in [0.25, 0.3) is 10.8 Å². The second-order valence-electron chi connectivity index (χ2n) is 6.99. The van der Waals surface area contributed by atoms with Crippen molar-refractivity contribution in [1.82, 2.24) is 10.3 Å². The third-order valence-corrected chi connectivity index (χ3v) is 5.26. The van der Waals surface area contributed by atoms with Crippen molar-refractivity contribution in [3.05, 3.63) is 66.1 Å². The highest BCUT2D eigenvalue weighted by Gasteiger charge is 2.21. The fraction of sp³-hybridized carbons (Fsp3) is 0.318. The van der Waals surface area contributed by atoms with Crippen LogP contribution in [0, 0.1) is 5.82 Å². The molecule has 28 heavy (non-hydrogen) atoms. The first-order valence-electron chi connectivity index (χ1n) is 9.38. The molecule has 0 bridgehead atoms. The molecule has 0 atom stereocenters. The highest BCUT2D eigenvalue weighted by molar-refractivity contribution is 5.92. The second kappa shape index (κ2) is 9.22. The molecule has 4 nitrogen and oxygen atoms in total. The summed E-state index contributed by atoms with van der Waals surface area (Å²) in [5.41, 5.74) is 1.25. The first kappa shape index (κ1) is 20.4. The summed E-state index contributed by atoms with van der Waals surface area (Å²) in [5.74, 6) is 1.56. The number of hydrogen-bond acceptors (Lipinski definition) is 4. The summed E-state index contributed by atoms with van der Waals surface area (Å²) in [6.45, 7) is 2.69. The zero-order valence-corrected chi connectivity index (χ0v) is 16.7. The van der Waals surface area contributed by atoms with Gasteiger partial charge in [-0.2, -0.15) is 0 Å². The summed E-state index contributed by atoms with van der Waals surface area (Å²) in [6.07, 6.45) is 3.90. The van der Waals surface area contributed by atoms with Gasteiger partial charge in [-0.15, -0.1) is 12.4 Å². The lowest BCUT2D eigenvalue weighted by Gasteiger charge is -2.34. The molecule has 3 aromatic rings. The Morgan fingerprint density at radius 3 is 2.57 bits per heavy atom. The quantitative estimate of drug-likeness (QED) is 0.679. The molecule has 1 saturated heterocycles. The van der Waals surface area contributed by atoms with Crippen LogP contribution in [0.5, 0.6) is 5.75 Å². The number of halogens is 2. The minimum absolute atomic E-state index is 0. The third-order valence-electron chi connectivity index (χ3n) is 5.26. The van der Waals surface area contributed by atoms with Gasteiger partial charge >= 0.3 is 0 Å². The number of fused-ring (bicyclic) bond motifs is 1. The van der Waals surface area contributed by atoms with Crippen LogP contribution in [0.4, 0.5) is 10.2 Å². The van der Waals surface area contributed by atoms with E-state index in [1.54, 1.807) is 13.2 Å². The molecule has 1 aliphatic rings. The zero-order valence-electron chi connectivity index (χ0n) is 15.9. The lowest BCUT2D eigenvalue weighted by atomic mass is 10.0. The van der Waals surface area contributed by atoms with Crippen molar-refractivity contribution in [2.75, 3.05) is 25.1 Å². The number of pyridine rings is 1. The van der Waals surface area contributed by atoms with E-state index in [4.69, 9.17) is 4.74 Å². The van der Waals surface area contributed by atoms with Crippen LogP contribution >= 0.6 is 12.4 Å². The Bertz CT molecular complexity index is 911. The van der Waals surface area contributed by atoms with E-state index < -0.39 is 0 Å². The van der Waals surface area contributed by atoms with Gasteiger partial charge in [0.15, 0.2) is 0 Å². The molecule has 1 aliphatic heterocycles. The van der Waals surface area contributed by atoms with Crippen molar-refractivity contribution in [2.45, 2.75) is 25.4 Å². The van der Waals surface area contributed by atoms with Crippen LogP contribution < -0.4 is 15.0 Å². The van der Waals surface area contributed by atoms with Crippen LogP contribution in [0.2, 0.25) is 0 Å². The number of anilines is 1. The van der Waals surface area contributed by atoms with Gasteiger partial charge in [0, 0.05) is 37.3 Å². The number of ether oxygens (including phenoxy) is 1. The molecule has 1 aromatic heterocycles. The van der Waals surface area contributed by atoms with E-state index in [1.165, 1.54) is 11.6 Å². The number of benzene rings is 2. The number of rotatable bonds is 5. The van der Waals surface area contributed by atoms with E-state index in [1.807, 2.05) is 30.5 Å². The molecule has 4 rings (SSSR count). The van der Waals surface area contributed by atoms with E-state index in [2.05, 4.69) is 27.3 Å². The summed E-state index contributed by atoms with van der Waals surface area (Å²) in [7, 11) is 1.68. The smallest absolute Gasteiger partial charge is 0.136 e. The van der Waals surface area contributed by atoms with Crippen LogP contribution in [0.15, 0.2) is 54.7 Å².